The van der Waals surface area contributed by atoms with Gasteiger partial charge in [-0.1, -0.05) is 29.8 Å². The molecule has 0 aliphatic carbocycles. The third kappa shape index (κ3) is 2.89. The number of fused-ring (bicyclic) bond motifs is 1. The lowest BCUT2D eigenvalue weighted by atomic mass is 9.85. The second kappa shape index (κ2) is 6.65. The maximum absolute atomic E-state index is 13.0. The summed E-state index contributed by atoms with van der Waals surface area (Å²) >= 11 is 5.91. The summed E-state index contributed by atoms with van der Waals surface area (Å²) in [5, 5.41) is 0.587. The smallest absolute Gasteiger partial charge is 0.313 e. The van der Waals surface area contributed by atoms with Crippen LogP contribution in [0.5, 0.6) is 0 Å². The number of carbonyl (C=O) groups excluding carboxylic acids is 2. The third-order valence-electron chi connectivity index (χ3n) is 4.38. The summed E-state index contributed by atoms with van der Waals surface area (Å²) in [6.45, 7) is 1.94. The fourth-order valence-electron chi connectivity index (χ4n) is 3.22. The van der Waals surface area contributed by atoms with Crippen LogP contribution in [0.3, 0.4) is 0 Å². The van der Waals surface area contributed by atoms with Crippen LogP contribution in [0.4, 0.5) is 5.69 Å². The summed E-state index contributed by atoms with van der Waals surface area (Å²) in [5.74, 6) is -0.724. The van der Waals surface area contributed by atoms with Gasteiger partial charge in [-0.3, -0.25) is 9.59 Å². The molecule has 1 aliphatic rings. The molecule has 2 aromatic carbocycles. The molecule has 1 heterocycles. The van der Waals surface area contributed by atoms with Crippen LogP contribution in [0.2, 0.25) is 5.02 Å². The van der Waals surface area contributed by atoms with Crippen LogP contribution in [-0.2, 0) is 9.53 Å². The van der Waals surface area contributed by atoms with Gasteiger partial charge in [-0.2, -0.15) is 0 Å². The largest absolute Gasteiger partial charge is 0.469 e. The van der Waals surface area contributed by atoms with Crippen molar-refractivity contribution in [1.82, 2.24) is 0 Å². The summed E-state index contributed by atoms with van der Waals surface area (Å²) in [6.07, 6.45) is 0.531. The number of esters is 1. The van der Waals surface area contributed by atoms with Gasteiger partial charge < -0.3 is 9.64 Å². The number of halogens is 1. The maximum atomic E-state index is 13.0. The fraction of sp³-hybridized carbons (Fsp3) is 0.263. The lowest BCUT2D eigenvalue weighted by molar-refractivity contribution is -0.142. The van der Waals surface area contributed by atoms with E-state index in [9.17, 15) is 9.59 Å². The molecule has 2 atom stereocenters. The highest BCUT2D eigenvalue weighted by Gasteiger charge is 2.37. The van der Waals surface area contributed by atoms with Crippen LogP contribution < -0.4 is 4.90 Å². The predicted molar refractivity (Wildman–Crippen MR) is 93.5 cm³/mol. The number of para-hydroxylation sites is 1. The Kier molecular flexibility index (Phi) is 4.58. The number of hydrogen-bond donors (Lipinski definition) is 0. The van der Waals surface area contributed by atoms with Crippen LogP contribution in [0, 0.1) is 0 Å². The van der Waals surface area contributed by atoms with Gasteiger partial charge in [0.2, 0.25) is 0 Å². The van der Waals surface area contributed by atoms with Crippen molar-refractivity contribution in [2.24, 2.45) is 0 Å². The van der Waals surface area contributed by atoms with Gasteiger partial charge >= 0.3 is 5.97 Å². The molecule has 1 amide bonds. The minimum Gasteiger partial charge on any atom is -0.469 e. The Balaban J connectivity index is 2.03. The molecular weight excluding hydrogens is 326 g/mol. The molecule has 24 heavy (non-hydrogen) atoms. The van der Waals surface area contributed by atoms with Crippen molar-refractivity contribution in [3.8, 4) is 0 Å². The third-order valence-corrected chi connectivity index (χ3v) is 4.64. The van der Waals surface area contributed by atoms with Crippen LogP contribution in [0.15, 0.2) is 48.5 Å². The molecule has 0 saturated heterocycles. The number of amides is 1. The number of benzene rings is 2. The summed E-state index contributed by atoms with van der Waals surface area (Å²) < 4.78 is 4.93. The van der Waals surface area contributed by atoms with Crippen molar-refractivity contribution in [2.75, 3.05) is 12.0 Å². The van der Waals surface area contributed by atoms with Crippen molar-refractivity contribution in [3.63, 3.8) is 0 Å². The molecule has 2 aromatic rings. The van der Waals surface area contributed by atoms with Gasteiger partial charge in [0.05, 0.1) is 13.0 Å². The predicted octanol–water partition coefficient (Wildman–Crippen LogP) is 4.04. The highest BCUT2D eigenvalue weighted by atomic mass is 35.5. The van der Waals surface area contributed by atoms with E-state index in [1.165, 1.54) is 7.11 Å². The monoisotopic (exact) mass is 343 g/mol. The molecule has 0 radical (unpaired) electrons. The van der Waals surface area contributed by atoms with Gasteiger partial charge in [0.1, 0.15) is 0 Å². The van der Waals surface area contributed by atoms with E-state index in [0.717, 1.165) is 11.3 Å². The van der Waals surface area contributed by atoms with E-state index in [0.29, 0.717) is 17.0 Å². The number of nitrogens with zero attached hydrogens (tertiary/aromatic N) is 1. The molecule has 5 heteroatoms. The Bertz CT molecular complexity index is 772. The maximum Gasteiger partial charge on any atom is 0.313 e. The van der Waals surface area contributed by atoms with Crippen molar-refractivity contribution < 1.29 is 14.3 Å². The Morgan fingerprint density at radius 1 is 1.12 bits per heavy atom. The number of ether oxygens (including phenoxy) is 1. The number of methoxy groups -OCH3 is 1. The van der Waals surface area contributed by atoms with Gasteiger partial charge in [-0.15, -0.1) is 0 Å². The van der Waals surface area contributed by atoms with Crippen LogP contribution in [0.25, 0.3) is 0 Å². The second-order valence-electron chi connectivity index (χ2n) is 5.90. The number of anilines is 1. The number of carbonyl (C=O) groups is 2. The molecule has 0 fully saturated rings. The molecule has 3 rings (SSSR count). The second-order valence-corrected chi connectivity index (χ2v) is 6.34. The lowest BCUT2D eigenvalue weighted by Crippen LogP contribution is -2.44. The highest BCUT2D eigenvalue weighted by molar-refractivity contribution is 6.30. The van der Waals surface area contributed by atoms with Crippen molar-refractivity contribution >= 4 is 29.2 Å². The summed E-state index contributed by atoms with van der Waals surface area (Å²) in [6, 6.07) is 14.2. The van der Waals surface area contributed by atoms with Crippen molar-refractivity contribution in [1.29, 1.82) is 0 Å². The van der Waals surface area contributed by atoms with E-state index in [1.807, 2.05) is 31.2 Å². The fourth-order valence-corrected chi connectivity index (χ4v) is 3.35. The summed E-state index contributed by atoms with van der Waals surface area (Å²) in [5.41, 5.74) is 2.15. The number of hydrogen-bond acceptors (Lipinski definition) is 3. The normalized spacial score (nSPS) is 19.5. The van der Waals surface area contributed by atoms with Crippen LogP contribution >= 0.6 is 11.6 Å². The van der Waals surface area contributed by atoms with E-state index in [4.69, 9.17) is 16.3 Å². The molecular formula is C19H18ClNO3. The van der Waals surface area contributed by atoms with Gasteiger partial charge in [0.15, 0.2) is 0 Å². The average Bonchev–Trinajstić information content (AvgIpc) is 2.60. The van der Waals surface area contributed by atoms with Gasteiger partial charge in [-0.05, 0) is 49.2 Å². The molecule has 0 aromatic heterocycles. The molecule has 0 saturated carbocycles. The zero-order valence-corrected chi connectivity index (χ0v) is 14.3. The zero-order chi connectivity index (χ0) is 17.3. The molecule has 1 aliphatic heterocycles. The Morgan fingerprint density at radius 3 is 2.46 bits per heavy atom. The Labute approximate surface area is 146 Å². The van der Waals surface area contributed by atoms with Crippen LogP contribution in [-0.4, -0.2) is 25.0 Å². The van der Waals surface area contributed by atoms with E-state index < -0.39 is 0 Å². The quantitative estimate of drug-likeness (QED) is 0.773. The Morgan fingerprint density at radius 2 is 1.79 bits per heavy atom. The van der Waals surface area contributed by atoms with Gasteiger partial charge in [0, 0.05) is 22.3 Å². The molecule has 0 spiro atoms. The first-order valence-corrected chi connectivity index (χ1v) is 8.16. The number of rotatable bonds is 2. The average molecular weight is 344 g/mol. The van der Waals surface area contributed by atoms with E-state index in [1.54, 1.807) is 29.2 Å². The minimum absolute atomic E-state index is 0.102. The lowest BCUT2D eigenvalue weighted by Gasteiger charge is -2.38. The summed E-state index contributed by atoms with van der Waals surface area (Å²) in [7, 11) is 1.39. The SMILES string of the molecule is COC(=O)C1CC(C)N(C(=O)c2ccc(Cl)cc2)c2ccccc21. The van der Waals surface area contributed by atoms with Gasteiger partial charge in [0.25, 0.3) is 5.91 Å². The highest BCUT2D eigenvalue weighted by Crippen LogP contribution is 2.39. The zero-order valence-electron chi connectivity index (χ0n) is 13.5. The molecule has 4 nitrogen and oxygen atoms in total. The minimum atomic E-state index is -0.351. The van der Waals surface area contributed by atoms with Crippen LogP contribution in [0.1, 0.15) is 35.2 Å². The first kappa shape index (κ1) is 16.5. The van der Waals surface area contributed by atoms with E-state index in [2.05, 4.69) is 0 Å². The molecule has 124 valence electrons. The van der Waals surface area contributed by atoms with E-state index in [-0.39, 0.29) is 23.8 Å². The van der Waals surface area contributed by atoms with Crippen molar-refractivity contribution in [3.05, 3.63) is 64.7 Å². The van der Waals surface area contributed by atoms with E-state index >= 15 is 0 Å². The molecule has 0 N–H and O–H groups in total. The first-order valence-electron chi connectivity index (χ1n) is 7.78. The topological polar surface area (TPSA) is 46.6 Å². The van der Waals surface area contributed by atoms with Gasteiger partial charge in [-0.25, -0.2) is 0 Å². The molecule has 2 unspecified atom stereocenters. The van der Waals surface area contributed by atoms with Crippen molar-refractivity contribution in [2.45, 2.75) is 25.3 Å². The molecule has 0 bridgehead atoms. The standard InChI is InChI=1S/C19H18ClNO3/c1-12-11-16(19(23)24-2)15-5-3-4-6-17(15)21(12)18(22)13-7-9-14(20)10-8-13/h3-10,12,16H,11H2,1-2H3. The summed E-state index contributed by atoms with van der Waals surface area (Å²) in [4.78, 5) is 26.9. The Hall–Kier alpha value is -2.33. The first-order chi connectivity index (χ1) is 11.5.